The van der Waals surface area contributed by atoms with E-state index >= 15 is 0 Å². The molecule has 0 aliphatic heterocycles. The summed E-state index contributed by atoms with van der Waals surface area (Å²) in [6.45, 7) is 9.66. The van der Waals surface area contributed by atoms with Gasteiger partial charge < -0.3 is 14.6 Å². The minimum absolute atomic E-state index is 0.235. The van der Waals surface area contributed by atoms with Crippen molar-refractivity contribution in [2.45, 2.75) is 39.5 Å². The lowest BCUT2D eigenvalue weighted by Crippen LogP contribution is -2.47. The molecule has 0 spiro atoms. The van der Waals surface area contributed by atoms with Crippen LogP contribution >= 0.6 is 0 Å². The molecule has 0 aliphatic carbocycles. The summed E-state index contributed by atoms with van der Waals surface area (Å²) >= 11 is 0. The van der Waals surface area contributed by atoms with E-state index in [1.807, 2.05) is 20.8 Å². The van der Waals surface area contributed by atoms with Gasteiger partial charge in [0, 0.05) is 12.6 Å². The normalized spacial score (nSPS) is 14.4. The number of nitrogens with zero attached hydrogens (tertiary/aromatic N) is 1. The van der Waals surface area contributed by atoms with Gasteiger partial charge in [-0.15, -0.1) is 0 Å². The van der Waals surface area contributed by atoms with Crippen molar-refractivity contribution in [3.63, 3.8) is 0 Å². The van der Waals surface area contributed by atoms with Crippen molar-refractivity contribution in [1.29, 1.82) is 0 Å². The first-order valence-electron chi connectivity index (χ1n) is 5.56. The van der Waals surface area contributed by atoms with Crippen LogP contribution in [0, 0.1) is 0 Å². The lowest BCUT2D eigenvalue weighted by Gasteiger charge is -2.36. The summed E-state index contributed by atoms with van der Waals surface area (Å²) in [6.07, 6.45) is -0.640. The molecule has 0 aliphatic rings. The first-order chi connectivity index (χ1) is 7.39. The smallest absolute Gasteiger partial charge is 0.127 e. The van der Waals surface area contributed by atoms with Crippen molar-refractivity contribution >= 4 is 0 Å². The van der Waals surface area contributed by atoms with E-state index in [2.05, 4.69) is 0 Å². The van der Waals surface area contributed by atoms with E-state index in [0.717, 1.165) is 0 Å². The molecule has 0 aromatic heterocycles. The fourth-order valence-corrected chi connectivity index (χ4v) is 1.30. The van der Waals surface area contributed by atoms with E-state index in [4.69, 9.17) is 14.3 Å². The van der Waals surface area contributed by atoms with Crippen LogP contribution in [0.15, 0.2) is 0 Å². The van der Waals surface area contributed by atoms with Crippen LogP contribution in [-0.4, -0.2) is 55.5 Å². The van der Waals surface area contributed by atoms with Gasteiger partial charge in [-0.2, -0.15) is 5.06 Å². The van der Waals surface area contributed by atoms with E-state index < -0.39 is 6.23 Å². The van der Waals surface area contributed by atoms with Crippen LogP contribution in [0.3, 0.4) is 0 Å². The molecule has 1 N–H and O–H groups in total. The average Bonchev–Trinajstić information content (AvgIpc) is 2.13. The fourth-order valence-electron chi connectivity index (χ4n) is 1.30. The summed E-state index contributed by atoms with van der Waals surface area (Å²) in [5.41, 5.74) is -0.235. The SMILES string of the molecule is COCCOCCON(C(C)O)C(C)(C)C. The molecule has 5 nitrogen and oxygen atoms in total. The third-order valence-corrected chi connectivity index (χ3v) is 1.89. The van der Waals surface area contributed by atoms with Gasteiger partial charge in [0.25, 0.3) is 0 Å². The molecule has 1 atom stereocenters. The van der Waals surface area contributed by atoms with Crippen LogP contribution in [0.5, 0.6) is 0 Å². The van der Waals surface area contributed by atoms with Gasteiger partial charge in [-0.3, -0.25) is 4.84 Å². The van der Waals surface area contributed by atoms with Gasteiger partial charge in [-0.05, 0) is 27.7 Å². The second kappa shape index (κ2) is 7.97. The highest BCUT2D eigenvalue weighted by molar-refractivity contribution is 4.70. The Kier molecular flexibility index (Phi) is 7.87. The van der Waals surface area contributed by atoms with Crippen LogP contribution in [0.1, 0.15) is 27.7 Å². The molecule has 0 aromatic rings. The van der Waals surface area contributed by atoms with Gasteiger partial charge in [0.05, 0.1) is 26.4 Å². The van der Waals surface area contributed by atoms with Crippen LogP contribution in [0.2, 0.25) is 0 Å². The van der Waals surface area contributed by atoms with Gasteiger partial charge in [0.1, 0.15) is 6.23 Å². The Hall–Kier alpha value is -0.200. The van der Waals surface area contributed by atoms with Crippen LogP contribution in [0.25, 0.3) is 0 Å². The van der Waals surface area contributed by atoms with Gasteiger partial charge in [0.2, 0.25) is 0 Å². The van der Waals surface area contributed by atoms with Crippen molar-refractivity contribution in [3.8, 4) is 0 Å². The van der Waals surface area contributed by atoms with Crippen LogP contribution < -0.4 is 0 Å². The molecule has 98 valence electrons. The summed E-state index contributed by atoms with van der Waals surface area (Å²) in [5.74, 6) is 0. The van der Waals surface area contributed by atoms with E-state index in [9.17, 15) is 5.11 Å². The highest BCUT2D eigenvalue weighted by Crippen LogP contribution is 2.15. The number of rotatable bonds is 8. The lowest BCUT2D eigenvalue weighted by atomic mass is 10.1. The molecule has 0 amide bonds. The highest BCUT2D eigenvalue weighted by atomic mass is 16.7. The van der Waals surface area contributed by atoms with E-state index in [0.29, 0.717) is 26.4 Å². The molecular formula is C11H25NO4. The Morgan fingerprint density at radius 1 is 1.12 bits per heavy atom. The molecule has 16 heavy (non-hydrogen) atoms. The second-order valence-electron chi connectivity index (χ2n) is 4.57. The zero-order valence-corrected chi connectivity index (χ0v) is 11.0. The Morgan fingerprint density at radius 3 is 2.12 bits per heavy atom. The zero-order valence-electron chi connectivity index (χ0n) is 11.0. The number of methoxy groups -OCH3 is 1. The van der Waals surface area contributed by atoms with Crippen molar-refractivity contribution in [2.75, 3.05) is 33.5 Å². The maximum absolute atomic E-state index is 9.53. The standard InChI is InChI=1S/C11H25NO4/c1-10(13)12(11(2,3)4)16-9-8-15-7-6-14-5/h10,13H,6-9H2,1-5H3. The molecule has 0 fully saturated rings. The molecule has 0 heterocycles. The number of hydroxylamine groups is 2. The Labute approximate surface area is 98.2 Å². The number of aliphatic hydroxyl groups is 1. The van der Waals surface area contributed by atoms with E-state index in [-0.39, 0.29) is 5.54 Å². The number of hydrogen-bond donors (Lipinski definition) is 1. The third kappa shape index (κ3) is 7.14. The van der Waals surface area contributed by atoms with Crippen molar-refractivity contribution < 1.29 is 19.4 Å². The molecule has 1 unspecified atom stereocenters. The van der Waals surface area contributed by atoms with E-state index in [1.165, 1.54) is 0 Å². The fraction of sp³-hybridized carbons (Fsp3) is 1.00. The topological polar surface area (TPSA) is 51.2 Å². The number of aliphatic hydroxyl groups excluding tert-OH is 1. The van der Waals surface area contributed by atoms with Gasteiger partial charge in [0.15, 0.2) is 0 Å². The molecule has 5 heteroatoms. The largest absolute Gasteiger partial charge is 0.382 e. The molecule has 0 saturated heterocycles. The monoisotopic (exact) mass is 235 g/mol. The first kappa shape index (κ1) is 15.8. The van der Waals surface area contributed by atoms with Crippen molar-refractivity contribution in [1.82, 2.24) is 5.06 Å². The molecule has 0 rings (SSSR count). The second-order valence-corrected chi connectivity index (χ2v) is 4.57. The van der Waals surface area contributed by atoms with Crippen LogP contribution in [-0.2, 0) is 14.3 Å². The maximum Gasteiger partial charge on any atom is 0.127 e. The zero-order chi connectivity index (χ0) is 12.6. The average molecular weight is 235 g/mol. The Bertz CT molecular complexity index is 168. The summed E-state index contributed by atoms with van der Waals surface area (Å²) in [4.78, 5) is 5.47. The first-order valence-corrected chi connectivity index (χ1v) is 5.56. The molecule has 0 aromatic carbocycles. The third-order valence-electron chi connectivity index (χ3n) is 1.89. The van der Waals surface area contributed by atoms with Gasteiger partial charge in [-0.1, -0.05) is 0 Å². The predicted octanol–water partition coefficient (Wildman–Crippen LogP) is 1.02. The quantitative estimate of drug-likeness (QED) is 0.387. The minimum atomic E-state index is -0.640. The lowest BCUT2D eigenvalue weighted by molar-refractivity contribution is -0.279. The van der Waals surface area contributed by atoms with E-state index in [1.54, 1.807) is 19.1 Å². The summed E-state index contributed by atoms with van der Waals surface area (Å²) in [7, 11) is 1.63. The number of hydrogen-bond acceptors (Lipinski definition) is 5. The highest BCUT2D eigenvalue weighted by Gasteiger charge is 2.26. The van der Waals surface area contributed by atoms with Crippen LogP contribution in [0.4, 0.5) is 0 Å². The van der Waals surface area contributed by atoms with Gasteiger partial charge >= 0.3 is 0 Å². The van der Waals surface area contributed by atoms with Crippen molar-refractivity contribution in [3.05, 3.63) is 0 Å². The molecule has 0 radical (unpaired) electrons. The van der Waals surface area contributed by atoms with Crippen molar-refractivity contribution in [2.24, 2.45) is 0 Å². The Morgan fingerprint density at radius 2 is 1.69 bits per heavy atom. The predicted molar refractivity (Wildman–Crippen MR) is 61.9 cm³/mol. The maximum atomic E-state index is 9.53. The summed E-state index contributed by atoms with van der Waals surface area (Å²) in [6, 6.07) is 0. The summed E-state index contributed by atoms with van der Waals surface area (Å²) in [5, 5.41) is 11.1. The number of ether oxygens (including phenoxy) is 2. The molecule has 0 saturated carbocycles. The summed E-state index contributed by atoms with van der Waals surface area (Å²) < 4.78 is 10.1. The Balaban J connectivity index is 3.70. The molecule has 0 bridgehead atoms. The minimum Gasteiger partial charge on any atom is -0.382 e. The van der Waals surface area contributed by atoms with Gasteiger partial charge in [-0.25, -0.2) is 0 Å². The molecular weight excluding hydrogens is 210 g/mol.